The van der Waals surface area contributed by atoms with Gasteiger partial charge in [-0.15, -0.1) is 0 Å². The summed E-state index contributed by atoms with van der Waals surface area (Å²) in [4.78, 5) is 28.8. The number of hydrogen-bond donors (Lipinski definition) is 4. The van der Waals surface area contributed by atoms with E-state index < -0.39 is 5.91 Å². The Labute approximate surface area is 237 Å². The molecule has 5 rings (SSSR count). The molecular weight excluding hydrogens is 521 g/mol. The average molecular weight is 552 g/mol. The van der Waals surface area contributed by atoms with Crippen LogP contribution in [0.1, 0.15) is 40.0 Å². The molecule has 5 N–H and O–H groups in total. The van der Waals surface area contributed by atoms with Gasteiger partial charge in [-0.1, -0.05) is 36.4 Å². The van der Waals surface area contributed by atoms with Gasteiger partial charge in [0.1, 0.15) is 17.7 Å². The molecule has 41 heavy (non-hydrogen) atoms. The minimum absolute atomic E-state index is 0.243. The van der Waals surface area contributed by atoms with Crippen LogP contribution in [0.15, 0.2) is 67.0 Å². The molecule has 1 aliphatic heterocycles. The molecule has 0 unspecified atom stereocenters. The summed E-state index contributed by atoms with van der Waals surface area (Å²) in [6, 6.07) is 16.9. The molecule has 1 atom stereocenters. The van der Waals surface area contributed by atoms with Crippen LogP contribution in [0, 0.1) is 17.1 Å². The van der Waals surface area contributed by atoms with E-state index in [2.05, 4.69) is 30.8 Å². The van der Waals surface area contributed by atoms with Gasteiger partial charge in [-0.05, 0) is 36.2 Å². The van der Waals surface area contributed by atoms with Gasteiger partial charge < -0.3 is 26.6 Å². The number of amides is 1. The lowest BCUT2D eigenvalue weighted by Gasteiger charge is -2.29. The van der Waals surface area contributed by atoms with E-state index in [1.807, 2.05) is 30.3 Å². The number of carbonyl (C=O) groups excluding carboxylic acids is 1. The first-order valence-corrected chi connectivity index (χ1v) is 13.3. The molecule has 1 fully saturated rings. The van der Waals surface area contributed by atoms with Crippen molar-refractivity contribution >= 4 is 23.4 Å². The standard InChI is InChI=1S/C30H30FN9O/c1-19(22-6-8-24(31)9-7-22)38-30(41)25-14-21(15-32)17-37-28(25)36-16-20-2-4-23(5-3-20)26-18-35-27(33)29(39-26)40-12-10-34-11-13-40/h2-9,14,17-19,34H,10-13,16H2,1H3,(H2,33,35)(H,36,37)(H,38,41)/t19-/m0/s1. The molecule has 11 heteroatoms. The third-order valence-electron chi connectivity index (χ3n) is 6.89. The lowest BCUT2D eigenvalue weighted by atomic mass is 10.1. The Morgan fingerprint density at radius 2 is 1.85 bits per heavy atom. The molecule has 10 nitrogen and oxygen atoms in total. The third kappa shape index (κ3) is 6.57. The average Bonchev–Trinajstić information content (AvgIpc) is 3.01. The number of nitrogens with one attached hydrogen (secondary N) is 3. The molecule has 0 bridgehead atoms. The van der Waals surface area contributed by atoms with Crippen molar-refractivity contribution in [2.75, 3.05) is 42.1 Å². The first kappa shape index (κ1) is 27.5. The van der Waals surface area contributed by atoms with Crippen LogP contribution in [0.3, 0.4) is 0 Å². The molecule has 0 radical (unpaired) electrons. The topological polar surface area (TPSA) is 145 Å². The molecule has 4 aromatic rings. The van der Waals surface area contributed by atoms with E-state index in [9.17, 15) is 14.4 Å². The number of piperazine rings is 1. The van der Waals surface area contributed by atoms with Crippen molar-refractivity contribution in [3.05, 3.63) is 95.1 Å². The molecule has 1 amide bonds. The molecule has 0 saturated carbocycles. The summed E-state index contributed by atoms with van der Waals surface area (Å²) in [6.45, 7) is 5.59. The predicted octanol–water partition coefficient (Wildman–Crippen LogP) is 3.64. The van der Waals surface area contributed by atoms with Gasteiger partial charge in [0, 0.05) is 44.5 Å². The van der Waals surface area contributed by atoms with Gasteiger partial charge in [0.2, 0.25) is 0 Å². The fourth-order valence-electron chi connectivity index (χ4n) is 4.57. The van der Waals surface area contributed by atoms with Crippen LogP contribution in [0.25, 0.3) is 11.3 Å². The number of nitrogens with two attached hydrogens (primary N) is 1. The van der Waals surface area contributed by atoms with Gasteiger partial charge in [-0.3, -0.25) is 4.79 Å². The second kappa shape index (κ2) is 12.4. The van der Waals surface area contributed by atoms with E-state index in [0.29, 0.717) is 24.0 Å². The van der Waals surface area contributed by atoms with Crippen molar-refractivity contribution < 1.29 is 9.18 Å². The maximum Gasteiger partial charge on any atom is 0.255 e. The molecule has 2 aromatic heterocycles. The number of benzene rings is 2. The molecule has 0 spiro atoms. The Balaban J connectivity index is 1.28. The van der Waals surface area contributed by atoms with E-state index >= 15 is 0 Å². The predicted molar refractivity (Wildman–Crippen MR) is 156 cm³/mol. The van der Waals surface area contributed by atoms with E-state index in [1.165, 1.54) is 24.4 Å². The van der Waals surface area contributed by atoms with Crippen LogP contribution < -0.4 is 26.6 Å². The molecule has 208 valence electrons. The zero-order valence-electron chi connectivity index (χ0n) is 22.6. The molecular formula is C30H30FN9O. The fraction of sp³-hybridized carbons (Fsp3) is 0.233. The van der Waals surface area contributed by atoms with Crippen LogP contribution in [0.5, 0.6) is 0 Å². The van der Waals surface area contributed by atoms with Gasteiger partial charge in [-0.2, -0.15) is 5.26 Å². The number of rotatable bonds is 8. The zero-order valence-corrected chi connectivity index (χ0v) is 22.6. The van der Waals surface area contributed by atoms with Gasteiger partial charge in [0.15, 0.2) is 11.6 Å². The SMILES string of the molecule is C[C@H](NC(=O)c1cc(C#N)cnc1NCc1ccc(-c2cnc(N)c(N3CCNCC3)n2)cc1)c1ccc(F)cc1. The van der Waals surface area contributed by atoms with Crippen LogP contribution >= 0.6 is 0 Å². The second-order valence-corrected chi connectivity index (χ2v) is 9.73. The lowest BCUT2D eigenvalue weighted by molar-refractivity contribution is 0.0940. The van der Waals surface area contributed by atoms with Crippen molar-refractivity contribution in [1.82, 2.24) is 25.6 Å². The smallest absolute Gasteiger partial charge is 0.255 e. The van der Waals surface area contributed by atoms with Crippen molar-refractivity contribution in [3.8, 4) is 17.3 Å². The Morgan fingerprint density at radius 3 is 2.56 bits per heavy atom. The van der Waals surface area contributed by atoms with Crippen LogP contribution in [-0.4, -0.2) is 47.0 Å². The number of carbonyl (C=O) groups is 1. The minimum Gasteiger partial charge on any atom is -0.381 e. The number of aromatic nitrogens is 3. The highest BCUT2D eigenvalue weighted by molar-refractivity contribution is 5.99. The van der Waals surface area contributed by atoms with Crippen molar-refractivity contribution in [1.29, 1.82) is 5.26 Å². The molecule has 0 aliphatic carbocycles. The monoisotopic (exact) mass is 551 g/mol. The second-order valence-electron chi connectivity index (χ2n) is 9.73. The first-order valence-electron chi connectivity index (χ1n) is 13.3. The van der Waals surface area contributed by atoms with Crippen molar-refractivity contribution in [2.45, 2.75) is 19.5 Å². The van der Waals surface area contributed by atoms with Gasteiger partial charge in [0.25, 0.3) is 5.91 Å². The maximum absolute atomic E-state index is 13.3. The Kier molecular flexibility index (Phi) is 8.31. The highest BCUT2D eigenvalue weighted by Gasteiger charge is 2.18. The Hall–Kier alpha value is -5.08. The molecule has 1 saturated heterocycles. The summed E-state index contributed by atoms with van der Waals surface area (Å²) in [7, 11) is 0. The largest absolute Gasteiger partial charge is 0.381 e. The van der Waals surface area contributed by atoms with E-state index in [0.717, 1.165) is 48.6 Å². The highest BCUT2D eigenvalue weighted by atomic mass is 19.1. The number of halogens is 1. The fourth-order valence-corrected chi connectivity index (χ4v) is 4.57. The molecule has 3 heterocycles. The number of hydrogen-bond acceptors (Lipinski definition) is 9. The summed E-state index contributed by atoms with van der Waals surface area (Å²) in [5.74, 6) is 0.715. The minimum atomic E-state index is -0.397. The van der Waals surface area contributed by atoms with Gasteiger partial charge in [0.05, 0.1) is 29.1 Å². The quantitative estimate of drug-likeness (QED) is 0.258. The van der Waals surface area contributed by atoms with E-state index in [1.54, 1.807) is 25.3 Å². The summed E-state index contributed by atoms with van der Waals surface area (Å²) in [6.07, 6.45) is 3.09. The van der Waals surface area contributed by atoms with E-state index in [-0.39, 0.29) is 23.0 Å². The summed E-state index contributed by atoms with van der Waals surface area (Å²) < 4.78 is 13.3. The summed E-state index contributed by atoms with van der Waals surface area (Å²) >= 11 is 0. The first-order chi connectivity index (χ1) is 19.9. The maximum atomic E-state index is 13.3. The lowest BCUT2D eigenvalue weighted by Crippen LogP contribution is -2.44. The van der Waals surface area contributed by atoms with Gasteiger partial charge >= 0.3 is 0 Å². The summed E-state index contributed by atoms with van der Waals surface area (Å²) in [5.41, 5.74) is 9.98. The number of nitrogens with zero attached hydrogens (tertiary/aromatic N) is 5. The van der Waals surface area contributed by atoms with Crippen LogP contribution in [0.4, 0.5) is 21.8 Å². The van der Waals surface area contributed by atoms with E-state index in [4.69, 9.17) is 10.7 Å². The number of pyridine rings is 1. The molecule has 1 aliphatic rings. The number of nitrogen functional groups attached to an aromatic ring is 1. The Morgan fingerprint density at radius 1 is 1.12 bits per heavy atom. The third-order valence-corrected chi connectivity index (χ3v) is 6.89. The summed E-state index contributed by atoms with van der Waals surface area (Å²) in [5, 5.41) is 18.8. The molecule has 2 aromatic carbocycles. The van der Waals surface area contributed by atoms with Crippen molar-refractivity contribution in [2.24, 2.45) is 0 Å². The number of anilines is 3. The zero-order chi connectivity index (χ0) is 28.8. The number of nitriles is 1. The normalized spacial score (nSPS) is 13.7. The van der Waals surface area contributed by atoms with Crippen LogP contribution in [0.2, 0.25) is 0 Å². The van der Waals surface area contributed by atoms with Gasteiger partial charge in [-0.25, -0.2) is 19.3 Å². The van der Waals surface area contributed by atoms with Crippen LogP contribution in [-0.2, 0) is 6.54 Å². The van der Waals surface area contributed by atoms with Crippen molar-refractivity contribution in [3.63, 3.8) is 0 Å². The Bertz CT molecular complexity index is 1560. The highest BCUT2D eigenvalue weighted by Crippen LogP contribution is 2.25.